The molecule has 0 amide bonds. The summed E-state index contributed by atoms with van der Waals surface area (Å²) in [6.07, 6.45) is 1.10. The van der Waals surface area contributed by atoms with E-state index in [1.54, 1.807) is 18.2 Å². The number of sulfonamides is 1. The summed E-state index contributed by atoms with van der Waals surface area (Å²) in [6, 6.07) is 10.6. The number of hydrogen-bond acceptors (Lipinski definition) is 6. The molecule has 6 nitrogen and oxygen atoms in total. The van der Waals surface area contributed by atoms with E-state index in [0.717, 1.165) is 28.1 Å². The molecule has 0 spiro atoms. The fourth-order valence-corrected chi connectivity index (χ4v) is 5.36. The quantitative estimate of drug-likeness (QED) is 0.576. The smallest absolute Gasteiger partial charge is 0.241 e. The zero-order valence-corrected chi connectivity index (χ0v) is 16.1. The molecule has 0 atom stereocenters. The van der Waals surface area contributed by atoms with Gasteiger partial charge in [0.15, 0.2) is 8.87 Å². The van der Waals surface area contributed by atoms with E-state index in [-0.39, 0.29) is 17.2 Å². The van der Waals surface area contributed by atoms with Crippen LogP contribution in [0.5, 0.6) is 0 Å². The van der Waals surface area contributed by atoms with Crippen LogP contribution in [0.3, 0.4) is 0 Å². The summed E-state index contributed by atoms with van der Waals surface area (Å²) in [5, 5.41) is 1.47. The minimum atomic E-state index is -3.72. The highest BCUT2D eigenvalue weighted by Gasteiger charge is 2.18. The highest BCUT2D eigenvalue weighted by atomic mass is 33.1. The minimum absolute atomic E-state index is 0.0455. The number of hydrogen-bond donors (Lipinski definition) is 1. The standard InChI is InChI=1S/C15H20N2O4S3/c1-17(2)14-8-4-7-13-12(14)6-5-9-15(13)24(20,21)16-10-11-22-23(3,18)19/h4-9,16H,10-11H2,1-3H3. The average Bonchev–Trinajstić information content (AvgIpc) is 2.49. The molecule has 1 N–H and O–H groups in total. The molecule has 0 heterocycles. The number of benzene rings is 2. The van der Waals surface area contributed by atoms with Crippen molar-refractivity contribution in [1.82, 2.24) is 4.72 Å². The van der Waals surface area contributed by atoms with E-state index in [1.165, 1.54) is 0 Å². The first-order valence-corrected chi connectivity index (χ1v) is 12.0. The SMILES string of the molecule is CN(C)c1cccc2c(S(=O)(=O)NCCSS(C)(=O)=O)cccc12. The lowest BCUT2D eigenvalue weighted by Gasteiger charge is -2.17. The summed E-state index contributed by atoms with van der Waals surface area (Å²) < 4.78 is 49.8. The zero-order valence-electron chi connectivity index (χ0n) is 13.7. The molecule has 0 aromatic heterocycles. The van der Waals surface area contributed by atoms with Gasteiger partial charge in [-0.2, -0.15) is 0 Å². The summed E-state index contributed by atoms with van der Waals surface area (Å²) >= 11 is 0. The van der Waals surface area contributed by atoms with Gasteiger partial charge >= 0.3 is 0 Å². The molecule has 0 radical (unpaired) electrons. The maximum absolute atomic E-state index is 12.6. The Kier molecular flexibility index (Phi) is 5.79. The number of nitrogens with one attached hydrogen (secondary N) is 1. The molecular formula is C15H20N2O4S3. The fourth-order valence-electron chi connectivity index (χ4n) is 2.34. The molecule has 0 aliphatic rings. The maximum Gasteiger partial charge on any atom is 0.241 e. The van der Waals surface area contributed by atoms with Crippen LogP contribution in [0.25, 0.3) is 10.8 Å². The molecule has 0 fully saturated rings. The van der Waals surface area contributed by atoms with Crippen molar-refractivity contribution in [1.29, 1.82) is 0 Å². The first kappa shape index (κ1) is 19.0. The number of anilines is 1. The first-order valence-electron chi connectivity index (χ1n) is 7.15. The van der Waals surface area contributed by atoms with Crippen LogP contribution in [-0.2, 0) is 18.9 Å². The molecule has 2 aromatic carbocycles. The van der Waals surface area contributed by atoms with Gasteiger partial charge in [-0.25, -0.2) is 21.6 Å². The molecule has 0 bridgehead atoms. The predicted molar refractivity (Wildman–Crippen MR) is 101 cm³/mol. The Balaban J connectivity index is 2.32. The molecule has 132 valence electrons. The monoisotopic (exact) mass is 388 g/mol. The Hall–Kier alpha value is -1.29. The highest BCUT2D eigenvalue weighted by Crippen LogP contribution is 2.30. The van der Waals surface area contributed by atoms with Crippen molar-refractivity contribution in [3.05, 3.63) is 36.4 Å². The van der Waals surface area contributed by atoms with Crippen LogP contribution in [0.15, 0.2) is 41.3 Å². The predicted octanol–water partition coefficient (Wildman–Crippen LogP) is 1.88. The van der Waals surface area contributed by atoms with E-state index < -0.39 is 18.9 Å². The van der Waals surface area contributed by atoms with E-state index in [0.29, 0.717) is 5.39 Å². The van der Waals surface area contributed by atoms with Crippen LogP contribution in [0.4, 0.5) is 5.69 Å². The van der Waals surface area contributed by atoms with Gasteiger partial charge in [0.1, 0.15) is 0 Å². The largest absolute Gasteiger partial charge is 0.377 e. The second-order valence-corrected chi connectivity index (χ2v) is 11.8. The lowest BCUT2D eigenvalue weighted by molar-refractivity contribution is 0.585. The Morgan fingerprint density at radius 2 is 1.62 bits per heavy atom. The fraction of sp³-hybridized carbons (Fsp3) is 0.333. The molecule has 0 saturated heterocycles. The van der Waals surface area contributed by atoms with Crippen LogP contribution >= 0.6 is 10.8 Å². The highest BCUT2D eigenvalue weighted by molar-refractivity contribution is 8.71. The van der Waals surface area contributed by atoms with Gasteiger partial charge in [-0.1, -0.05) is 24.3 Å². The molecule has 2 rings (SSSR count). The van der Waals surface area contributed by atoms with Gasteiger partial charge in [0.2, 0.25) is 10.0 Å². The second kappa shape index (κ2) is 7.30. The van der Waals surface area contributed by atoms with Gasteiger partial charge in [0.05, 0.1) is 4.90 Å². The van der Waals surface area contributed by atoms with Crippen molar-refractivity contribution in [2.24, 2.45) is 0 Å². The van der Waals surface area contributed by atoms with Crippen molar-refractivity contribution in [3.8, 4) is 0 Å². The minimum Gasteiger partial charge on any atom is -0.377 e. The van der Waals surface area contributed by atoms with Gasteiger partial charge in [-0.05, 0) is 22.9 Å². The average molecular weight is 389 g/mol. The van der Waals surface area contributed by atoms with Gasteiger partial charge in [-0.15, -0.1) is 0 Å². The van der Waals surface area contributed by atoms with Crippen LogP contribution in [0.2, 0.25) is 0 Å². The molecule has 0 unspecified atom stereocenters. The van der Waals surface area contributed by atoms with Gasteiger partial charge in [0.25, 0.3) is 0 Å². The third kappa shape index (κ3) is 4.62. The Bertz CT molecular complexity index is 938. The summed E-state index contributed by atoms with van der Waals surface area (Å²) in [4.78, 5) is 2.11. The third-order valence-corrected chi connectivity index (χ3v) is 7.42. The summed E-state index contributed by atoms with van der Waals surface area (Å²) in [6.45, 7) is 0.0455. The van der Waals surface area contributed by atoms with Crippen LogP contribution in [-0.4, -0.2) is 49.5 Å². The molecule has 2 aromatic rings. The Labute approximate surface area is 146 Å². The molecule has 0 saturated carbocycles. The van der Waals surface area contributed by atoms with Crippen molar-refractivity contribution >= 4 is 46.1 Å². The first-order chi connectivity index (χ1) is 11.1. The third-order valence-electron chi connectivity index (χ3n) is 3.32. The van der Waals surface area contributed by atoms with Gasteiger partial charge in [-0.3, -0.25) is 0 Å². The zero-order chi connectivity index (χ0) is 18.0. The summed E-state index contributed by atoms with van der Waals surface area (Å²) in [7, 11) is -2.39. The van der Waals surface area contributed by atoms with E-state index in [9.17, 15) is 16.8 Å². The molecule has 24 heavy (non-hydrogen) atoms. The van der Waals surface area contributed by atoms with E-state index in [1.807, 2.05) is 37.2 Å². The second-order valence-electron chi connectivity index (χ2n) is 5.45. The Morgan fingerprint density at radius 3 is 2.25 bits per heavy atom. The Morgan fingerprint density at radius 1 is 1.00 bits per heavy atom. The molecular weight excluding hydrogens is 368 g/mol. The van der Waals surface area contributed by atoms with Crippen LogP contribution in [0.1, 0.15) is 0 Å². The van der Waals surface area contributed by atoms with Crippen LogP contribution in [0, 0.1) is 0 Å². The number of nitrogens with zero attached hydrogens (tertiary/aromatic N) is 1. The number of fused-ring (bicyclic) bond motifs is 1. The maximum atomic E-state index is 12.6. The van der Waals surface area contributed by atoms with Crippen molar-refractivity contribution in [3.63, 3.8) is 0 Å². The molecule has 9 heteroatoms. The van der Waals surface area contributed by atoms with E-state index in [2.05, 4.69) is 4.72 Å². The lowest BCUT2D eigenvalue weighted by atomic mass is 10.1. The van der Waals surface area contributed by atoms with E-state index >= 15 is 0 Å². The van der Waals surface area contributed by atoms with Gasteiger partial charge in [0, 0.05) is 49.1 Å². The van der Waals surface area contributed by atoms with Gasteiger partial charge < -0.3 is 4.90 Å². The van der Waals surface area contributed by atoms with Crippen molar-refractivity contribution < 1.29 is 16.8 Å². The lowest BCUT2D eigenvalue weighted by Crippen LogP contribution is -2.26. The van der Waals surface area contributed by atoms with Crippen molar-refractivity contribution in [2.75, 3.05) is 37.5 Å². The molecule has 0 aliphatic carbocycles. The van der Waals surface area contributed by atoms with Crippen LogP contribution < -0.4 is 9.62 Å². The molecule has 0 aliphatic heterocycles. The summed E-state index contributed by atoms with van der Waals surface area (Å²) in [5.41, 5.74) is 0.928. The van der Waals surface area contributed by atoms with Crippen molar-refractivity contribution in [2.45, 2.75) is 4.90 Å². The topological polar surface area (TPSA) is 83.6 Å². The number of rotatable bonds is 7. The normalized spacial score (nSPS) is 12.5. The van der Waals surface area contributed by atoms with E-state index in [4.69, 9.17) is 0 Å². The summed E-state index contributed by atoms with van der Waals surface area (Å²) in [5.74, 6) is 0.159.